The zero-order valence-corrected chi connectivity index (χ0v) is 11.0. The molecule has 1 amide bonds. The third kappa shape index (κ3) is 2.46. The van der Waals surface area contributed by atoms with Crippen LogP contribution in [0.3, 0.4) is 0 Å². The summed E-state index contributed by atoms with van der Waals surface area (Å²) in [5.74, 6) is 0.151. The second kappa shape index (κ2) is 5.01. The molecule has 100 valence electrons. The highest BCUT2D eigenvalue weighted by Gasteiger charge is 2.20. The minimum Gasteiger partial charge on any atom is -0.345 e. The fourth-order valence-electron chi connectivity index (χ4n) is 2.55. The fraction of sp³-hybridized carbons (Fsp3) is 0.429. The van der Waals surface area contributed by atoms with E-state index in [0.717, 1.165) is 29.7 Å². The van der Waals surface area contributed by atoms with Gasteiger partial charge >= 0.3 is 0 Å². The van der Waals surface area contributed by atoms with Crippen LogP contribution in [0.25, 0.3) is 11.0 Å². The van der Waals surface area contributed by atoms with Crippen LogP contribution in [0, 0.1) is 0 Å². The predicted octanol–water partition coefficient (Wildman–Crippen LogP) is 1.67. The molecule has 0 aliphatic carbocycles. The lowest BCUT2D eigenvalue weighted by molar-refractivity contribution is -0.118. The first-order valence-electron chi connectivity index (χ1n) is 6.67. The van der Waals surface area contributed by atoms with Gasteiger partial charge in [-0.2, -0.15) is 0 Å². The summed E-state index contributed by atoms with van der Waals surface area (Å²) in [5.41, 5.74) is 2.78. The molecule has 0 radical (unpaired) electrons. The molecule has 0 spiro atoms. The third-order valence-corrected chi connectivity index (χ3v) is 3.75. The summed E-state index contributed by atoms with van der Waals surface area (Å²) in [6, 6.07) is 6.16. The maximum Gasteiger partial charge on any atom is 0.228 e. The maximum atomic E-state index is 12.2. The monoisotopic (exact) mass is 258 g/mol. The lowest BCUT2D eigenvalue weighted by atomic mass is 10.1. The van der Waals surface area contributed by atoms with Crippen molar-refractivity contribution in [3.63, 3.8) is 0 Å². The first-order valence-corrected chi connectivity index (χ1v) is 6.67. The Morgan fingerprint density at radius 3 is 3.21 bits per heavy atom. The number of H-pyrrole nitrogens is 1. The summed E-state index contributed by atoms with van der Waals surface area (Å²) in [4.78, 5) is 21.2. The number of amides is 1. The number of imidazole rings is 1. The van der Waals surface area contributed by atoms with Gasteiger partial charge in [-0.25, -0.2) is 4.98 Å². The molecule has 1 saturated heterocycles. The maximum absolute atomic E-state index is 12.2. The van der Waals surface area contributed by atoms with Crippen molar-refractivity contribution >= 4 is 22.6 Å². The first kappa shape index (κ1) is 12.2. The van der Waals surface area contributed by atoms with Crippen LogP contribution in [0.4, 0.5) is 5.69 Å². The molecule has 5 nitrogen and oxygen atoms in total. The molecule has 2 N–H and O–H groups in total. The Hall–Kier alpha value is -1.88. The standard InChI is InChI=1S/C14H18N4O/c1-18(14(19)7-10-3-2-6-15-10)11-4-5-12-13(8-11)17-9-16-12/h4-5,8-10,15H,2-3,6-7H2,1H3,(H,16,17). The van der Waals surface area contributed by atoms with E-state index in [0.29, 0.717) is 12.5 Å². The number of nitrogens with zero attached hydrogens (tertiary/aromatic N) is 2. The van der Waals surface area contributed by atoms with Crippen LogP contribution in [0.2, 0.25) is 0 Å². The molecule has 1 aromatic heterocycles. The molecule has 1 atom stereocenters. The highest BCUT2D eigenvalue weighted by Crippen LogP contribution is 2.20. The molecule has 1 aliphatic heterocycles. The van der Waals surface area contributed by atoms with Gasteiger partial charge in [0.15, 0.2) is 0 Å². The lowest BCUT2D eigenvalue weighted by Crippen LogP contribution is -2.33. The fourth-order valence-corrected chi connectivity index (χ4v) is 2.55. The predicted molar refractivity (Wildman–Crippen MR) is 75.1 cm³/mol. The van der Waals surface area contributed by atoms with Crippen molar-refractivity contribution < 1.29 is 4.79 Å². The Kier molecular flexibility index (Phi) is 3.21. The molecule has 2 heterocycles. The number of hydrogen-bond donors (Lipinski definition) is 2. The molecule has 0 bridgehead atoms. The van der Waals surface area contributed by atoms with Crippen LogP contribution in [-0.4, -0.2) is 35.5 Å². The van der Waals surface area contributed by atoms with Crippen molar-refractivity contribution in [1.29, 1.82) is 0 Å². The van der Waals surface area contributed by atoms with E-state index in [-0.39, 0.29) is 5.91 Å². The van der Waals surface area contributed by atoms with Crippen LogP contribution < -0.4 is 10.2 Å². The van der Waals surface area contributed by atoms with E-state index >= 15 is 0 Å². The Balaban J connectivity index is 1.74. The largest absolute Gasteiger partial charge is 0.345 e. The normalized spacial score (nSPS) is 18.9. The number of carbonyl (C=O) groups excluding carboxylic acids is 1. The van der Waals surface area contributed by atoms with Gasteiger partial charge < -0.3 is 15.2 Å². The minimum absolute atomic E-state index is 0.151. The van der Waals surface area contributed by atoms with Crippen molar-refractivity contribution in [3.05, 3.63) is 24.5 Å². The van der Waals surface area contributed by atoms with E-state index in [1.807, 2.05) is 25.2 Å². The smallest absolute Gasteiger partial charge is 0.228 e. The number of nitrogens with one attached hydrogen (secondary N) is 2. The number of hydrogen-bond acceptors (Lipinski definition) is 3. The number of fused-ring (bicyclic) bond motifs is 1. The summed E-state index contributed by atoms with van der Waals surface area (Å²) in [7, 11) is 1.83. The van der Waals surface area contributed by atoms with Crippen molar-refractivity contribution in [2.45, 2.75) is 25.3 Å². The SMILES string of the molecule is CN(C(=O)CC1CCCN1)c1ccc2nc[nH]c2c1. The van der Waals surface area contributed by atoms with Crippen LogP contribution in [-0.2, 0) is 4.79 Å². The zero-order valence-electron chi connectivity index (χ0n) is 11.0. The van der Waals surface area contributed by atoms with E-state index in [2.05, 4.69) is 15.3 Å². The van der Waals surface area contributed by atoms with Crippen LogP contribution in [0.15, 0.2) is 24.5 Å². The number of benzene rings is 1. The number of aromatic amines is 1. The van der Waals surface area contributed by atoms with E-state index < -0.39 is 0 Å². The van der Waals surface area contributed by atoms with Gasteiger partial charge in [-0.3, -0.25) is 4.79 Å². The molecule has 2 aromatic rings. The van der Waals surface area contributed by atoms with Crippen LogP contribution in [0.1, 0.15) is 19.3 Å². The van der Waals surface area contributed by atoms with Crippen molar-refractivity contribution in [1.82, 2.24) is 15.3 Å². The summed E-state index contributed by atoms with van der Waals surface area (Å²) in [6.07, 6.45) is 4.50. The third-order valence-electron chi connectivity index (χ3n) is 3.75. The number of carbonyl (C=O) groups is 1. The van der Waals surface area contributed by atoms with Gasteiger partial charge in [-0.15, -0.1) is 0 Å². The molecule has 1 fully saturated rings. The van der Waals surface area contributed by atoms with Crippen LogP contribution >= 0.6 is 0 Å². The second-order valence-corrected chi connectivity index (χ2v) is 5.05. The van der Waals surface area contributed by atoms with E-state index in [1.165, 1.54) is 6.42 Å². The highest BCUT2D eigenvalue weighted by molar-refractivity contribution is 5.95. The molecular weight excluding hydrogens is 240 g/mol. The highest BCUT2D eigenvalue weighted by atomic mass is 16.2. The Morgan fingerprint density at radius 1 is 1.53 bits per heavy atom. The van der Waals surface area contributed by atoms with Crippen molar-refractivity contribution in [2.24, 2.45) is 0 Å². The van der Waals surface area contributed by atoms with Crippen LogP contribution in [0.5, 0.6) is 0 Å². The first-order chi connectivity index (χ1) is 9.24. The summed E-state index contributed by atoms with van der Waals surface area (Å²) in [6.45, 7) is 1.03. The van der Waals surface area contributed by atoms with Gasteiger partial charge in [0.05, 0.1) is 17.4 Å². The molecular formula is C14H18N4O. The molecule has 0 saturated carbocycles. The van der Waals surface area contributed by atoms with Gasteiger partial charge in [-0.1, -0.05) is 0 Å². The van der Waals surface area contributed by atoms with Crippen molar-refractivity contribution in [2.75, 3.05) is 18.5 Å². The number of aromatic nitrogens is 2. The molecule has 1 aliphatic rings. The number of rotatable bonds is 3. The van der Waals surface area contributed by atoms with Gasteiger partial charge in [0.25, 0.3) is 0 Å². The molecule has 5 heteroatoms. The van der Waals surface area contributed by atoms with Gasteiger partial charge in [-0.05, 0) is 37.6 Å². The van der Waals surface area contributed by atoms with E-state index in [4.69, 9.17) is 0 Å². The zero-order chi connectivity index (χ0) is 13.2. The average molecular weight is 258 g/mol. The van der Waals surface area contributed by atoms with Gasteiger partial charge in [0.1, 0.15) is 0 Å². The Labute approximate surface area is 112 Å². The van der Waals surface area contributed by atoms with E-state index in [1.54, 1.807) is 11.2 Å². The molecule has 1 aromatic carbocycles. The number of anilines is 1. The Morgan fingerprint density at radius 2 is 2.42 bits per heavy atom. The van der Waals surface area contributed by atoms with Crippen molar-refractivity contribution in [3.8, 4) is 0 Å². The molecule has 19 heavy (non-hydrogen) atoms. The Bertz CT molecular complexity index is 586. The van der Waals surface area contributed by atoms with Gasteiger partial charge in [0.2, 0.25) is 5.91 Å². The lowest BCUT2D eigenvalue weighted by Gasteiger charge is -2.19. The average Bonchev–Trinajstić information content (AvgIpc) is 3.07. The summed E-state index contributed by atoms with van der Waals surface area (Å²) < 4.78 is 0. The topological polar surface area (TPSA) is 61.0 Å². The quantitative estimate of drug-likeness (QED) is 0.880. The molecule has 3 rings (SSSR count). The molecule has 1 unspecified atom stereocenters. The van der Waals surface area contributed by atoms with Gasteiger partial charge in [0, 0.05) is 25.2 Å². The minimum atomic E-state index is 0.151. The van der Waals surface area contributed by atoms with E-state index in [9.17, 15) is 4.79 Å². The second-order valence-electron chi connectivity index (χ2n) is 5.05. The summed E-state index contributed by atoms with van der Waals surface area (Å²) in [5, 5.41) is 3.36. The summed E-state index contributed by atoms with van der Waals surface area (Å²) >= 11 is 0.